The van der Waals surface area contributed by atoms with Crippen molar-refractivity contribution in [2.45, 2.75) is 38.3 Å². The molecule has 3 amide bonds. The number of ether oxygens (including phenoxy) is 2. The maximum atomic E-state index is 12.8. The Morgan fingerprint density at radius 3 is 2.42 bits per heavy atom. The standard InChI is InChI=1S/C19H25N3O4/c1-19(14-4-5-14)17(23)22(18(24)20-19)11-21-7-6-12-8-15(25-2)16(26-3)9-13(12)10-21/h8-9,14H,4-7,10-11H2,1-3H3,(H,20,24)/t19-/m0/s1. The van der Waals surface area contributed by atoms with Gasteiger partial charge in [-0.15, -0.1) is 0 Å². The molecule has 1 saturated carbocycles. The topological polar surface area (TPSA) is 71.1 Å². The molecule has 26 heavy (non-hydrogen) atoms. The van der Waals surface area contributed by atoms with Gasteiger partial charge >= 0.3 is 6.03 Å². The van der Waals surface area contributed by atoms with Crippen molar-refractivity contribution in [1.29, 1.82) is 0 Å². The van der Waals surface area contributed by atoms with Gasteiger partial charge in [-0.1, -0.05) is 0 Å². The average molecular weight is 359 g/mol. The van der Waals surface area contributed by atoms with Crippen LogP contribution in [-0.4, -0.2) is 54.7 Å². The van der Waals surface area contributed by atoms with Crippen LogP contribution in [0.1, 0.15) is 30.9 Å². The van der Waals surface area contributed by atoms with Gasteiger partial charge in [-0.2, -0.15) is 0 Å². The molecule has 3 aliphatic rings. The molecule has 1 aromatic carbocycles. The summed E-state index contributed by atoms with van der Waals surface area (Å²) in [7, 11) is 3.25. The summed E-state index contributed by atoms with van der Waals surface area (Å²) >= 11 is 0. The van der Waals surface area contributed by atoms with Crippen LogP contribution in [0.5, 0.6) is 11.5 Å². The molecular formula is C19H25N3O4. The summed E-state index contributed by atoms with van der Waals surface area (Å²) in [5.41, 5.74) is 1.64. The minimum atomic E-state index is -0.721. The Morgan fingerprint density at radius 2 is 1.81 bits per heavy atom. The molecule has 0 spiro atoms. The average Bonchev–Trinajstić information content (AvgIpc) is 3.46. The first-order valence-electron chi connectivity index (χ1n) is 9.06. The Labute approximate surface area is 153 Å². The van der Waals surface area contributed by atoms with E-state index in [4.69, 9.17) is 9.47 Å². The summed E-state index contributed by atoms with van der Waals surface area (Å²) < 4.78 is 10.8. The van der Waals surface area contributed by atoms with Crippen molar-refractivity contribution >= 4 is 11.9 Å². The highest BCUT2D eigenvalue weighted by Crippen LogP contribution is 2.42. The van der Waals surface area contributed by atoms with Gasteiger partial charge in [0.15, 0.2) is 11.5 Å². The summed E-state index contributed by atoms with van der Waals surface area (Å²) in [6.45, 7) is 3.64. The maximum Gasteiger partial charge on any atom is 0.326 e. The van der Waals surface area contributed by atoms with Crippen molar-refractivity contribution in [3.05, 3.63) is 23.3 Å². The van der Waals surface area contributed by atoms with E-state index in [9.17, 15) is 9.59 Å². The summed E-state index contributed by atoms with van der Waals surface area (Å²) in [6.07, 6.45) is 2.86. The number of hydrogen-bond acceptors (Lipinski definition) is 5. The van der Waals surface area contributed by atoms with E-state index in [0.29, 0.717) is 19.0 Å². The van der Waals surface area contributed by atoms with E-state index in [1.807, 2.05) is 19.1 Å². The molecule has 1 saturated heterocycles. The maximum absolute atomic E-state index is 12.8. The molecule has 0 aromatic heterocycles. The summed E-state index contributed by atoms with van der Waals surface area (Å²) in [5, 5.41) is 2.91. The van der Waals surface area contributed by atoms with Crippen LogP contribution in [0.25, 0.3) is 0 Å². The molecule has 0 radical (unpaired) electrons. The van der Waals surface area contributed by atoms with E-state index in [1.165, 1.54) is 10.5 Å². The number of carbonyl (C=O) groups is 2. The Bertz CT molecular complexity index is 761. The van der Waals surface area contributed by atoms with Crippen LogP contribution in [-0.2, 0) is 17.8 Å². The van der Waals surface area contributed by atoms with E-state index >= 15 is 0 Å². The van der Waals surface area contributed by atoms with Gasteiger partial charge in [0.05, 0.1) is 20.9 Å². The molecule has 2 heterocycles. The molecule has 1 atom stereocenters. The number of imide groups is 1. The van der Waals surface area contributed by atoms with Crippen molar-refractivity contribution in [2.75, 3.05) is 27.4 Å². The first-order chi connectivity index (χ1) is 12.5. The number of hydrogen-bond donors (Lipinski definition) is 1. The Morgan fingerprint density at radius 1 is 1.15 bits per heavy atom. The first kappa shape index (κ1) is 17.1. The second kappa shape index (κ2) is 6.16. The lowest BCUT2D eigenvalue weighted by atomic mass is 9.96. The lowest BCUT2D eigenvalue weighted by molar-refractivity contribution is -0.133. The molecule has 1 N–H and O–H groups in total. The van der Waals surface area contributed by atoms with Crippen molar-refractivity contribution < 1.29 is 19.1 Å². The second-order valence-electron chi connectivity index (χ2n) is 7.56. The Balaban J connectivity index is 1.49. The molecule has 1 aliphatic carbocycles. The molecule has 0 bridgehead atoms. The highest BCUT2D eigenvalue weighted by molar-refractivity contribution is 6.07. The highest BCUT2D eigenvalue weighted by atomic mass is 16.5. The van der Waals surface area contributed by atoms with Gasteiger partial charge in [-0.3, -0.25) is 9.69 Å². The summed E-state index contributed by atoms with van der Waals surface area (Å²) in [6, 6.07) is 3.73. The lowest BCUT2D eigenvalue weighted by Gasteiger charge is -2.32. The van der Waals surface area contributed by atoms with Crippen molar-refractivity contribution in [2.24, 2.45) is 5.92 Å². The SMILES string of the molecule is COc1cc2c(cc1OC)CN(CN1C(=O)N[C@@](C)(C3CC3)C1=O)CC2. The van der Waals surface area contributed by atoms with Gasteiger partial charge in [0.2, 0.25) is 0 Å². The number of rotatable bonds is 5. The van der Waals surface area contributed by atoms with Crippen LogP contribution in [0.2, 0.25) is 0 Å². The Kier molecular flexibility index (Phi) is 4.06. The minimum absolute atomic E-state index is 0.0943. The first-order valence-corrected chi connectivity index (χ1v) is 9.06. The van der Waals surface area contributed by atoms with Gasteiger partial charge in [-0.25, -0.2) is 9.69 Å². The quantitative estimate of drug-likeness (QED) is 0.811. The molecule has 0 unspecified atom stereocenters. The van der Waals surface area contributed by atoms with Crippen LogP contribution < -0.4 is 14.8 Å². The van der Waals surface area contributed by atoms with Gasteiger partial charge in [0, 0.05) is 13.1 Å². The number of benzene rings is 1. The fraction of sp³-hybridized carbons (Fsp3) is 0.579. The van der Waals surface area contributed by atoms with E-state index < -0.39 is 5.54 Å². The van der Waals surface area contributed by atoms with Gasteiger partial charge in [0.1, 0.15) is 5.54 Å². The predicted octanol–water partition coefficient (Wildman–Crippen LogP) is 1.74. The third kappa shape index (κ3) is 2.70. The molecule has 4 rings (SSSR count). The van der Waals surface area contributed by atoms with Crippen LogP contribution >= 0.6 is 0 Å². The van der Waals surface area contributed by atoms with Gasteiger partial charge < -0.3 is 14.8 Å². The third-order valence-electron chi connectivity index (χ3n) is 5.83. The molecule has 140 valence electrons. The van der Waals surface area contributed by atoms with Crippen LogP contribution in [0, 0.1) is 5.92 Å². The molecular weight excluding hydrogens is 334 g/mol. The highest BCUT2D eigenvalue weighted by Gasteiger charge is 2.56. The third-order valence-corrected chi connectivity index (χ3v) is 5.83. The zero-order valence-corrected chi connectivity index (χ0v) is 15.5. The van der Waals surface area contributed by atoms with Gasteiger partial charge in [-0.05, 0) is 55.4 Å². The van der Waals surface area contributed by atoms with E-state index in [-0.39, 0.29) is 17.9 Å². The number of urea groups is 1. The normalized spacial score (nSPS) is 25.9. The van der Waals surface area contributed by atoms with Crippen LogP contribution in [0.15, 0.2) is 12.1 Å². The van der Waals surface area contributed by atoms with Crippen molar-refractivity contribution in [3.63, 3.8) is 0 Å². The molecule has 2 fully saturated rings. The number of amides is 3. The monoisotopic (exact) mass is 359 g/mol. The molecule has 7 nitrogen and oxygen atoms in total. The number of nitrogens with one attached hydrogen (secondary N) is 1. The smallest absolute Gasteiger partial charge is 0.326 e. The van der Waals surface area contributed by atoms with E-state index in [0.717, 1.165) is 37.1 Å². The molecule has 2 aliphatic heterocycles. The molecule has 7 heteroatoms. The van der Waals surface area contributed by atoms with Crippen LogP contribution in [0.3, 0.4) is 0 Å². The number of nitrogens with zero attached hydrogens (tertiary/aromatic N) is 2. The van der Waals surface area contributed by atoms with E-state index in [2.05, 4.69) is 10.2 Å². The molecule has 1 aromatic rings. The number of carbonyl (C=O) groups excluding carboxylic acids is 2. The van der Waals surface area contributed by atoms with Crippen LogP contribution in [0.4, 0.5) is 4.79 Å². The zero-order chi connectivity index (χ0) is 18.5. The van der Waals surface area contributed by atoms with Crippen molar-refractivity contribution in [3.8, 4) is 11.5 Å². The summed E-state index contributed by atoms with van der Waals surface area (Å²) in [5.74, 6) is 1.62. The number of methoxy groups -OCH3 is 2. The minimum Gasteiger partial charge on any atom is -0.493 e. The predicted molar refractivity (Wildman–Crippen MR) is 95.0 cm³/mol. The van der Waals surface area contributed by atoms with Gasteiger partial charge in [0.25, 0.3) is 5.91 Å². The zero-order valence-electron chi connectivity index (χ0n) is 15.5. The van der Waals surface area contributed by atoms with E-state index in [1.54, 1.807) is 14.2 Å². The second-order valence-corrected chi connectivity index (χ2v) is 7.56. The Hall–Kier alpha value is -2.28. The summed E-state index contributed by atoms with van der Waals surface area (Å²) in [4.78, 5) is 28.7. The lowest BCUT2D eigenvalue weighted by Crippen LogP contribution is -2.47. The fourth-order valence-corrected chi connectivity index (χ4v) is 4.04. The van der Waals surface area contributed by atoms with Crippen molar-refractivity contribution in [1.82, 2.24) is 15.1 Å². The largest absolute Gasteiger partial charge is 0.493 e. The fourth-order valence-electron chi connectivity index (χ4n) is 4.04. The number of fused-ring (bicyclic) bond motifs is 1.